The van der Waals surface area contributed by atoms with Crippen LogP contribution in [0, 0.1) is 0 Å². The number of piperazine rings is 1. The molecule has 2 heterocycles. The number of nitrogens with zero attached hydrogens (tertiary/aromatic N) is 2. The van der Waals surface area contributed by atoms with E-state index in [0.717, 1.165) is 13.1 Å². The maximum Gasteiger partial charge on any atom is 0.410 e. The second-order valence-corrected chi connectivity index (χ2v) is 7.80. The fraction of sp³-hybridized carbons (Fsp3) is 0.688. The average molecular weight is 325 g/mol. The maximum absolute atomic E-state index is 12.1. The Bertz CT molecular complexity index is 474. The van der Waals surface area contributed by atoms with Crippen LogP contribution in [0.25, 0.3) is 0 Å². The number of hydrogen-bond acceptors (Lipinski definition) is 5. The molecule has 0 aromatic carbocycles. The molecule has 0 radical (unpaired) electrons. The molecule has 1 aromatic heterocycles. The number of carbonyl (C=O) groups excluding carboxylic acids is 1. The molecule has 0 spiro atoms. The van der Waals surface area contributed by atoms with E-state index in [1.165, 1.54) is 4.88 Å². The smallest absolute Gasteiger partial charge is 0.410 e. The van der Waals surface area contributed by atoms with Crippen LogP contribution < -0.4 is 5.73 Å². The Kier molecular flexibility index (Phi) is 5.47. The molecule has 0 saturated carbocycles. The first-order valence-electron chi connectivity index (χ1n) is 7.79. The lowest BCUT2D eigenvalue weighted by atomic mass is 10.1. The molecular weight excluding hydrogens is 298 g/mol. The van der Waals surface area contributed by atoms with Gasteiger partial charge in [-0.15, -0.1) is 11.3 Å². The van der Waals surface area contributed by atoms with Gasteiger partial charge in [-0.3, -0.25) is 4.90 Å². The van der Waals surface area contributed by atoms with Crippen LogP contribution in [0.3, 0.4) is 0 Å². The zero-order valence-corrected chi connectivity index (χ0v) is 14.7. The summed E-state index contributed by atoms with van der Waals surface area (Å²) in [5.74, 6) is 0. The largest absolute Gasteiger partial charge is 0.444 e. The number of amides is 1. The molecule has 2 rings (SSSR count). The Morgan fingerprint density at radius 3 is 2.41 bits per heavy atom. The van der Waals surface area contributed by atoms with Crippen LogP contribution >= 0.6 is 11.3 Å². The highest BCUT2D eigenvalue weighted by molar-refractivity contribution is 7.10. The number of nitrogens with two attached hydrogens (primary N) is 1. The lowest BCUT2D eigenvalue weighted by molar-refractivity contribution is 0.00934. The monoisotopic (exact) mass is 325 g/mol. The first kappa shape index (κ1) is 17.2. The van der Waals surface area contributed by atoms with Gasteiger partial charge in [0.15, 0.2) is 0 Å². The zero-order valence-electron chi connectivity index (χ0n) is 13.9. The normalized spacial score (nSPS) is 19.8. The number of rotatable bonds is 3. The van der Waals surface area contributed by atoms with Gasteiger partial charge < -0.3 is 15.4 Å². The van der Waals surface area contributed by atoms with Crippen LogP contribution in [0.15, 0.2) is 17.5 Å². The van der Waals surface area contributed by atoms with Crippen molar-refractivity contribution in [2.45, 2.75) is 45.4 Å². The molecule has 2 unspecified atom stereocenters. The van der Waals surface area contributed by atoms with Gasteiger partial charge in [0, 0.05) is 37.1 Å². The van der Waals surface area contributed by atoms with E-state index < -0.39 is 5.60 Å². The lowest BCUT2D eigenvalue weighted by Gasteiger charge is -2.40. The molecule has 1 aromatic rings. The molecule has 2 N–H and O–H groups in total. The molecule has 124 valence electrons. The summed E-state index contributed by atoms with van der Waals surface area (Å²) >= 11 is 1.74. The highest BCUT2D eigenvalue weighted by Crippen LogP contribution is 2.28. The standard InChI is InChI=1S/C16H27N3O2S/c1-12(17)14(13-6-5-11-22-13)18-7-9-19(10-8-18)15(20)21-16(2,3)4/h5-6,11-12,14H,7-10,17H2,1-4H3. The minimum atomic E-state index is -0.445. The number of thiophene rings is 1. The summed E-state index contributed by atoms with van der Waals surface area (Å²) in [7, 11) is 0. The summed E-state index contributed by atoms with van der Waals surface area (Å²) < 4.78 is 5.44. The van der Waals surface area contributed by atoms with E-state index in [-0.39, 0.29) is 18.2 Å². The molecule has 22 heavy (non-hydrogen) atoms. The van der Waals surface area contributed by atoms with E-state index in [2.05, 4.69) is 22.4 Å². The van der Waals surface area contributed by atoms with Gasteiger partial charge in [0.25, 0.3) is 0 Å². The van der Waals surface area contributed by atoms with Gasteiger partial charge in [-0.2, -0.15) is 0 Å². The molecule has 1 fully saturated rings. The molecule has 2 atom stereocenters. The van der Waals surface area contributed by atoms with Crippen molar-refractivity contribution >= 4 is 17.4 Å². The fourth-order valence-electron chi connectivity index (χ4n) is 2.74. The molecular formula is C16H27N3O2S. The van der Waals surface area contributed by atoms with Crippen molar-refractivity contribution < 1.29 is 9.53 Å². The molecule has 0 aliphatic carbocycles. The van der Waals surface area contributed by atoms with Crippen molar-refractivity contribution in [3.8, 4) is 0 Å². The van der Waals surface area contributed by atoms with E-state index in [1.807, 2.05) is 27.7 Å². The molecule has 6 heteroatoms. The van der Waals surface area contributed by atoms with Crippen molar-refractivity contribution in [3.05, 3.63) is 22.4 Å². The summed E-state index contributed by atoms with van der Waals surface area (Å²) in [6, 6.07) is 4.48. The lowest BCUT2D eigenvalue weighted by Crippen LogP contribution is -2.53. The summed E-state index contributed by atoms with van der Waals surface area (Å²) in [6.45, 7) is 10.7. The molecule has 1 saturated heterocycles. The SMILES string of the molecule is CC(N)C(c1cccs1)N1CCN(C(=O)OC(C)(C)C)CC1. The van der Waals surface area contributed by atoms with Gasteiger partial charge in [-0.1, -0.05) is 6.07 Å². The molecule has 1 amide bonds. The van der Waals surface area contributed by atoms with E-state index in [1.54, 1.807) is 16.2 Å². The summed E-state index contributed by atoms with van der Waals surface area (Å²) in [5, 5.41) is 2.08. The third kappa shape index (κ3) is 4.44. The Morgan fingerprint density at radius 2 is 1.95 bits per heavy atom. The van der Waals surface area contributed by atoms with Gasteiger partial charge in [0.1, 0.15) is 5.60 Å². The third-order valence-electron chi connectivity index (χ3n) is 3.69. The predicted molar refractivity (Wildman–Crippen MR) is 90.1 cm³/mol. The van der Waals surface area contributed by atoms with Gasteiger partial charge in [-0.25, -0.2) is 4.79 Å². The number of ether oxygens (including phenoxy) is 1. The fourth-order valence-corrected chi connectivity index (χ4v) is 3.71. The van der Waals surface area contributed by atoms with E-state index in [0.29, 0.717) is 13.1 Å². The maximum atomic E-state index is 12.1. The second-order valence-electron chi connectivity index (χ2n) is 6.82. The van der Waals surface area contributed by atoms with Gasteiger partial charge in [0.2, 0.25) is 0 Å². The zero-order chi connectivity index (χ0) is 16.3. The van der Waals surface area contributed by atoms with Crippen LogP contribution in [0.5, 0.6) is 0 Å². The minimum Gasteiger partial charge on any atom is -0.444 e. The van der Waals surface area contributed by atoms with Crippen molar-refractivity contribution in [3.63, 3.8) is 0 Å². The highest BCUT2D eigenvalue weighted by atomic mass is 32.1. The molecule has 1 aliphatic heterocycles. The molecule has 1 aliphatic rings. The average Bonchev–Trinajstić information content (AvgIpc) is 2.91. The molecule has 5 nitrogen and oxygen atoms in total. The van der Waals surface area contributed by atoms with E-state index in [4.69, 9.17) is 10.5 Å². The van der Waals surface area contributed by atoms with Crippen molar-refractivity contribution in [2.75, 3.05) is 26.2 Å². The van der Waals surface area contributed by atoms with Gasteiger partial charge >= 0.3 is 6.09 Å². The Hall–Kier alpha value is -1.11. The summed E-state index contributed by atoms with van der Waals surface area (Å²) in [6.07, 6.45) is -0.222. The summed E-state index contributed by atoms with van der Waals surface area (Å²) in [5.41, 5.74) is 5.75. The Labute approximate surface area is 137 Å². The first-order chi connectivity index (χ1) is 10.3. The van der Waals surface area contributed by atoms with Crippen LogP contribution in [-0.4, -0.2) is 53.7 Å². The Morgan fingerprint density at radius 1 is 1.32 bits per heavy atom. The minimum absolute atomic E-state index is 0.0618. The second kappa shape index (κ2) is 6.98. The van der Waals surface area contributed by atoms with E-state index >= 15 is 0 Å². The first-order valence-corrected chi connectivity index (χ1v) is 8.67. The molecule has 0 bridgehead atoms. The van der Waals surface area contributed by atoms with E-state index in [9.17, 15) is 4.79 Å². The summed E-state index contributed by atoms with van der Waals surface area (Å²) in [4.78, 5) is 17.6. The highest BCUT2D eigenvalue weighted by Gasteiger charge is 2.31. The Balaban J connectivity index is 1.95. The number of carbonyl (C=O) groups is 1. The van der Waals surface area contributed by atoms with Crippen LogP contribution in [-0.2, 0) is 4.74 Å². The number of hydrogen-bond donors (Lipinski definition) is 1. The predicted octanol–water partition coefficient (Wildman–Crippen LogP) is 2.69. The van der Waals surface area contributed by atoms with Gasteiger partial charge in [-0.05, 0) is 39.1 Å². The van der Waals surface area contributed by atoms with Crippen molar-refractivity contribution in [1.29, 1.82) is 0 Å². The van der Waals surface area contributed by atoms with Crippen molar-refractivity contribution in [2.24, 2.45) is 5.73 Å². The van der Waals surface area contributed by atoms with Crippen LogP contribution in [0.2, 0.25) is 0 Å². The van der Waals surface area contributed by atoms with Crippen LogP contribution in [0.4, 0.5) is 4.79 Å². The topological polar surface area (TPSA) is 58.8 Å². The van der Waals surface area contributed by atoms with Crippen LogP contribution in [0.1, 0.15) is 38.6 Å². The quantitative estimate of drug-likeness (QED) is 0.928. The van der Waals surface area contributed by atoms with Gasteiger partial charge in [0.05, 0.1) is 6.04 Å². The van der Waals surface area contributed by atoms with Crippen molar-refractivity contribution in [1.82, 2.24) is 9.80 Å². The third-order valence-corrected chi connectivity index (χ3v) is 4.64.